The molecule has 0 aliphatic rings. The lowest BCUT2D eigenvalue weighted by Crippen LogP contribution is -2.26. The fraction of sp³-hybridized carbons (Fsp3) is 0.538. The first kappa shape index (κ1) is 14.3. The molecule has 0 amide bonds. The average molecular weight is 257 g/mol. The van der Waals surface area contributed by atoms with Gasteiger partial charge in [0.2, 0.25) is 0 Å². The van der Waals surface area contributed by atoms with Gasteiger partial charge in [-0.2, -0.15) is 0 Å². The smallest absolute Gasteiger partial charge is 0.137 e. The third kappa shape index (κ3) is 5.39. The van der Waals surface area contributed by atoms with E-state index in [1.807, 2.05) is 25.1 Å². The van der Waals surface area contributed by atoms with Crippen molar-refractivity contribution in [3.63, 3.8) is 0 Å². The highest BCUT2D eigenvalue weighted by Gasteiger charge is 2.02. The van der Waals surface area contributed by atoms with E-state index in [4.69, 9.17) is 16.3 Å². The van der Waals surface area contributed by atoms with Crippen LogP contribution in [0.3, 0.4) is 0 Å². The molecule has 0 unspecified atom stereocenters. The lowest BCUT2D eigenvalue weighted by atomic mass is 10.2. The average Bonchev–Trinajstić information content (AvgIpc) is 2.32. The summed E-state index contributed by atoms with van der Waals surface area (Å²) in [6, 6.07) is 5.91. The zero-order valence-electron chi connectivity index (χ0n) is 10.6. The maximum absolute atomic E-state index is 6.11. The second-order valence-electron chi connectivity index (χ2n) is 3.73. The van der Waals surface area contributed by atoms with Gasteiger partial charge in [-0.05, 0) is 31.2 Å². The summed E-state index contributed by atoms with van der Waals surface area (Å²) in [5.41, 5.74) is 1.18. The maximum Gasteiger partial charge on any atom is 0.137 e. The molecule has 1 rings (SSSR count). The zero-order chi connectivity index (χ0) is 12.5. The third-order valence-corrected chi connectivity index (χ3v) is 2.65. The van der Waals surface area contributed by atoms with Crippen molar-refractivity contribution < 1.29 is 4.74 Å². The van der Waals surface area contributed by atoms with Gasteiger partial charge in [0.05, 0.1) is 11.6 Å². The summed E-state index contributed by atoms with van der Waals surface area (Å²) < 4.78 is 5.39. The summed E-state index contributed by atoms with van der Waals surface area (Å²) in [5, 5.41) is 7.29. The Bertz CT molecular complexity index is 331. The number of rotatable bonds is 8. The van der Waals surface area contributed by atoms with Gasteiger partial charge in [0.1, 0.15) is 5.75 Å². The molecular formula is C13H21ClN2O. The second-order valence-corrected chi connectivity index (χ2v) is 4.14. The highest BCUT2D eigenvalue weighted by Crippen LogP contribution is 2.25. The lowest BCUT2D eigenvalue weighted by Gasteiger charge is -2.09. The van der Waals surface area contributed by atoms with Gasteiger partial charge < -0.3 is 15.4 Å². The van der Waals surface area contributed by atoms with Gasteiger partial charge in [0.25, 0.3) is 0 Å². The van der Waals surface area contributed by atoms with E-state index in [-0.39, 0.29) is 0 Å². The lowest BCUT2D eigenvalue weighted by molar-refractivity contribution is 0.340. The standard InChI is InChI=1S/C13H21ClN2O/c1-3-15-7-8-16-10-11-5-6-13(17-4-2)12(14)9-11/h5-6,9,15-16H,3-4,7-8,10H2,1-2H3. The Morgan fingerprint density at radius 1 is 1.18 bits per heavy atom. The molecule has 0 aliphatic carbocycles. The fourth-order valence-electron chi connectivity index (χ4n) is 1.51. The molecule has 0 aromatic heterocycles. The first-order chi connectivity index (χ1) is 8.27. The van der Waals surface area contributed by atoms with Gasteiger partial charge in [-0.15, -0.1) is 0 Å². The van der Waals surface area contributed by atoms with Gasteiger partial charge in [-0.25, -0.2) is 0 Å². The Labute approximate surface area is 109 Å². The van der Waals surface area contributed by atoms with E-state index >= 15 is 0 Å². The monoisotopic (exact) mass is 256 g/mol. The molecule has 0 fully saturated rings. The molecule has 1 aromatic rings. The zero-order valence-corrected chi connectivity index (χ0v) is 11.3. The predicted molar refractivity (Wildman–Crippen MR) is 72.9 cm³/mol. The first-order valence-corrected chi connectivity index (χ1v) is 6.48. The molecule has 17 heavy (non-hydrogen) atoms. The van der Waals surface area contributed by atoms with Crippen molar-refractivity contribution in [1.82, 2.24) is 10.6 Å². The SMILES string of the molecule is CCNCCNCc1ccc(OCC)c(Cl)c1. The minimum absolute atomic E-state index is 0.639. The van der Waals surface area contributed by atoms with Crippen LogP contribution in [0.4, 0.5) is 0 Å². The summed E-state index contributed by atoms with van der Waals surface area (Å²) >= 11 is 6.11. The van der Waals surface area contributed by atoms with Gasteiger partial charge in [-0.1, -0.05) is 24.6 Å². The second kappa shape index (κ2) is 8.34. The van der Waals surface area contributed by atoms with Crippen LogP contribution in [-0.2, 0) is 6.54 Å². The number of halogens is 1. The highest BCUT2D eigenvalue weighted by molar-refractivity contribution is 6.32. The third-order valence-electron chi connectivity index (χ3n) is 2.35. The highest BCUT2D eigenvalue weighted by atomic mass is 35.5. The van der Waals surface area contributed by atoms with Crippen LogP contribution in [0.1, 0.15) is 19.4 Å². The summed E-state index contributed by atoms with van der Waals surface area (Å²) in [5.74, 6) is 0.755. The molecule has 96 valence electrons. The van der Waals surface area contributed by atoms with Crippen molar-refractivity contribution in [3.05, 3.63) is 28.8 Å². The molecule has 0 atom stereocenters. The molecular weight excluding hydrogens is 236 g/mol. The predicted octanol–water partition coefficient (Wildman–Crippen LogP) is 2.44. The number of hydrogen-bond donors (Lipinski definition) is 2. The van der Waals surface area contributed by atoms with Crippen LogP contribution in [0.15, 0.2) is 18.2 Å². The Balaban J connectivity index is 2.36. The van der Waals surface area contributed by atoms with Gasteiger partial charge >= 0.3 is 0 Å². The fourth-order valence-corrected chi connectivity index (χ4v) is 1.77. The molecule has 0 saturated heterocycles. The van der Waals surface area contributed by atoms with Crippen LogP contribution >= 0.6 is 11.6 Å². The van der Waals surface area contributed by atoms with Crippen LogP contribution < -0.4 is 15.4 Å². The van der Waals surface area contributed by atoms with Crippen molar-refractivity contribution in [3.8, 4) is 5.75 Å². The summed E-state index contributed by atoms with van der Waals surface area (Å²) in [6.45, 7) is 8.48. The number of ether oxygens (including phenoxy) is 1. The van der Waals surface area contributed by atoms with E-state index in [1.165, 1.54) is 5.56 Å². The number of likely N-dealkylation sites (N-methyl/N-ethyl adjacent to an activating group) is 1. The molecule has 0 saturated carbocycles. The van der Waals surface area contributed by atoms with Crippen molar-refractivity contribution in [2.24, 2.45) is 0 Å². The van der Waals surface area contributed by atoms with Gasteiger partial charge in [-0.3, -0.25) is 0 Å². The van der Waals surface area contributed by atoms with E-state index in [2.05, 4.69) is 17.6 Å². The Hall–Kier alpha value is -0.770. The van der Waals surface area contributed by atoms with E-state index in [1.54, 1.807) is 0 Å². The largest absolute Gasteiger partial charge is 0.492 e. The van der Waals surface area contributed by atoms with Crippen LogP contribution in [0.5, 0.6) is 5.75 Å². The Kier molecular flexibility index (Phi) is 7.01. The number of benzene rings is 1. The Morgan fingerprint density at radius 3 is 2.59 bits per heavy atom. The minimum atomic E-state index is 0.639. The van der Waals surface area contributed by atoms with E-state index in [9.17, 15) is 0 Å². The van der Waals surface area contributed by atoms with E-state index in [0.29, 0.717) is 11.6 Å². The summed E-state index contributed by atoms with van der Waals surface area (Å²) in [7, 11) is 0. The topological polar surface area (TPSA) is 33.3 Å². The van der Waals surface area contributed by atoms with Gasteiger partial charge in [0, 0.05) is 19.6 Å². The molecule has 4 heteroatoms. The molecule has 1 aromatic carbocycles. The Morgan fingerprint density at radius 2 is 1.94 bits per heavy atom. The molecule has 0 bridgehead atoms. The summed E-state index contributed by atoms with van der Waals surface area (Å²) in [6.07, 6.45) is 0. The van der Waals surface area contributed by atoms with Crippen LogP contribution in [-0.4, -0.2) is 26.2 Å². The van der Waals surface area contributed by atoms with Crippen LogP contribution in [0, 0.1) is 0 Å². The molecule has 0 radical (unpaired) electrons. The van der Waals surface area contributed by atoms with Crippen LogP contribution in [0.25, 0.3) is 0 Å². The molecule has 0 aliphatic heterocycles. The molecule has 0 heterocycles. The quantitative estimate of drug-likeness (QED) is 0.701. The van der Waals surface area contributed by atoms with Crippen LogP contribution in [0.2, 0.25) is 5.02 Å². The molecule has 0 spiro atoms. The van der Waals surface area contributed by atoms with Crippen molar-refractivity contribution in [2.45, 2.75) is 20.4 Å². The van der Waals surface area contributed by atoms with Crippen molar-refractivity contribution in [1.29, 1.82) is 0 Å². The summed E-state index contributed by atoms with van der Waals surface area (Å²) in [4.78, 5) is 0. The van der Waals surface area contributed by atoms with Crippen molar-refractivity contribution >= 4 is 11.6 Å². The maximum atomic E-state index is 6.11. The molecule has 3 nitrogen and oxygen atoms in total. The number of nitrogens with one attached hydrogen (secondary N) is 2. The van der Waals surface area contributed by atoms with E-state index < -0.39 is 0 Å². The minimum Gasteiger partial charge on any atom is -0.492 e. The number of hydrogen-bond acceptors (Lipinski definition) is 3. The first-order valence-electron chi connectivity index (χ1n) is 6.10. The van der Waals surface area contributed by atoms with Crippen molar-refractivity contribution in [2.75, 3.05) is 26.2 Å². The van der Waals surface area contributed by atoms with E-state index in [0.717, 1.165) is 31.9 Å². The van der Waals surface area contributed by atoms with Gasteiger partial charge in [0.15, 0.2) is 0 Å². The normalized spacial score (nSPS) is 10.5. The molecule has 2 N–H and O–H groups in total.